The molecule has 7 heteroatoms. The first kappa shape index (κ1) is 15.1. The van der Waals surface area contributed by atoms with Gasteiger partial charge in [-0.1, -0.05) is 29.3 Å². The van der Waals surface area contributed by atoms with Crippen LogP contribution in [0.2, 0.25) is 10.0 Å². The van der Waals surface area contributed by atoms with E-state index in [4.69, 9.17) is 37.4 Å². The molecule has 0 amide bonds. The normalized spacial score (nSPS) is 17.2. The molecule has 2 aromatic rings. The predicted molar refractivity (Wildman–Crippen MR) is 89.6 cm³/mol. The molecule has 4 rings (SSSR count). The first-order chi connectivity index (χ1) is 11.6. The zero-order valence-corrected chi connectivity index (χ0v) is 13.6. The van der Waals surface area contributed by atoms with E-state index in [0.29, 0.717) is 32.7 Å². The van der Waals surface area contributed by atoms with Crippen LogP contribution in [-0.4, -0.2) is 18.7 Å². The minimum Gasteiger partial charge on any atom is -0.454 e. The molecule has 0 unspecified atom stereocenters. The molecular weight excluding hydrogens is 353 g/mol. The summed E-state index contributed by atoms with van der Waals surface area (Å²) in [5, 5.41) is 0.952. The smallest absolute Gasteiger partial charge is 0.363 e. The lowest BCUT2D eigenvalue weighted by Crippen LogP contribution is -2.05. The monoisotopic (exact) mass is 361 g/mol. The lowest BCUT2D eigenvalue weighted by atomic mass is 10.1. The highest BCUT2D eigenvalue weighted by molar-refractivity contribution is 6.32. The van der Waals surface area contributed by atoms with Crippen LogP contribution in [-0.2, 0) is 9.53 Å². The van der Waals surface area contributed by atoms with Crippen molar-refractivity contribution in [2.24, 2.45) is 4.99 Å². The largest absolute Gasteiger partial charge is 0.454 e. The first-order valence-electron chi connectivity index (χ1n) is 6.98. The van der Waals surface area contributed by atoms with Crippen molar-refractivity contribution >= 4 is 41.1 Å². The van der Waals surface area contributed by atoms with Crippen LogP contribution in [0.4, 0.5) is 0 Å². The number of carbonyl (C=O) groups excluding carboxylic acids is 1. The fourth-order valence-corrected chi connectivity index (χ4v) is 2.74. The van der Waals surface area contributed by atoms with Crippen molar-refractivity contribution in [1.29, 1.82) is 0 Å². The summed E-state index contributed by atoms with van der Waals surface area (Å²) in [4.78, 5) is 16.3. The minimum atomic E-state index is -0.557. The Morgan fingerprint density at radius 3 is 2.67 bits per heavy atom. The van der Waals surface area contributed by atoms with Gasteiger partial charge in [-0.25, -0.2) is 9.79 Å². The van der Waals surface area contributed by atoms with Crippen molar-refractivity contribution in [2.75, 3.05) is 6.79 Å². The SMILES string of the molecule is O=C1OC(c2cccc(Cl)c2)=NC1=Cc1cc2c(cc1Cl)OCO2. The number of benzene rings is 2. The molecule has 0 saturated carbocycles. The zero-order valence-electron chi connectivity index (χ0n) is 12.1. The number of ether oxygens (including phenoxy) is 3. The molecular formula is C17H9Cl2NO4. The van der Waals surface area contributed by atoms with Crippen LogP contribution in [0.25, 0.3) is 6.08 Å². The maximum atomic E-state index is 12.1. The molecule has 5 nitrogen and oxygen atoms in total. The second-order valence-corrected chi connectivity index (χ2v) is 5.92. The Balaban J connectivity index is 1.71. The van der Waals surface area contributed by atoms with E-state index in [2.05, 4.69) is 4.99 Å². The van der Waals surface area contributed by atoms with Crippen molar-refractivity contribution in [2.45, 2.75) is 0 Å². The van der Waals surface area contributed by atoms with Gasteiger partial charge in [0, 0.05) is 16.7 Å². The topological polar surface area (TPSA) is 57.1 Å². The average Bonchev–Trinajstić information content (AvgIpc) is 3.14. The van der Waals surface area contributed by atoms with E-state index in [9.17, 15) is 4.79 Å². The maximum Gasteiger partial charge on any atom is 0.363 e. The highest BCUT2D eigenvalue weighted by atomic mass is 35.5. The predicted octanol–water partition coefficient (Wildman–Crippen LogP) is 4.07. The Kier molecular flexibility index (Phi) is 3.67. The molecule has 2 heterocycles. The summed E-state index contributed by atoms with van der Waals surface area (Å²) in [6, 6.07) is 10.2. The van der Waals surface area contributed by atoms with Gasteiger partial charge in [-0.3, -0.25) is 0 Å². The number of hydrogen-bond donors (Lipinski definition) is 0. The summed E-state index contributed by atoms with van der Waals surface area (Å²) in [6.07, 6.45) is 1.55. The van der Waals surface area contributed by atoms with Crippen LogP contribution >= 0.6 is 23.2 Å². The number of carbonyl (C=O) groups is 1. The molecule has 2 aliphatic heterocycles. The number of rotatable bonds is 2. The van der Waals surface area contributed by atoms with Crippen molar-refractivity contribution < 1.29 is 19.0 Å². The third kappa shape index (κ3) is 2.72. The Morgan fingerprint density at radius 1 is 1.08 bits per heavy atom. The lowest BCUT2D eigenvalue weighted by molar-refractivity contribution is -0.129. The van der Waals surface area contributed by atoms with Gasteiger partial charge in [0.1, 0.15) is 0 Å². The molecule has 0 N–H and O–H groups in total. The summed E-state index contributed by atoms with van der Waals surface area (Å²) >= 11 is 12.2. The number of esters is 1. The van der Waals surface area contributed by atoms with Gasteiger partial charge < -0.3 is 14.2 Å². The number of aliphatic imine (C=N–C) groups is 1. The summed E-state index contributed by atoms with van der Waals surface area (Å²) in [5.74, 6) is 0.778. The minimum absolute atomic E-state index is 0.144. The summed E-state index contributed by atoms with van der Waals surface area (Å²) in [5.41, 5.74) is 1.35. The van der Waals surface area contributed by atoms with Crippen LogP contribution in [0.15, 0.2) is 47.1 Å². The van der Waals surface area contributed by atoms with Crippen LogP contribution in [0.3, 0.4) is 0 Å². The molecule has 0 bridgehead atoms. The van der Waals surface area contributed by atoms with Crippen molar-refractivity contribution in [1.82, 2.24) is 0 Å². The second kappa shape index (κ2) is 5.85. The molecule has 0 atom stereocenters. The van der Waals surface area contributed by atoms with Crippen LogP contribution < -0.4 is 9.47 Å². The van der Waals surface area contributed by atoms with Gasteiger partial charge >= 0.3 is 5.97 Å². The summed E-state index contributed by atoms with van der Waals surface area (Å²) < 4.78 is 15.8. The Morgan fingerprint density at radius 2 is 1.88 bits per heavy atom. The van der Waals surface area contributed by atoms with Crippen LogP contribution in [0.1, 0.15) is 11.1 Å². The highest BCUT2D eigenvalue weighted by Crippen LogP contribution is 2.38. The molecule has 0 aromatic heterocycles. The molecule has 2 aliphatic rings. The van der Waals surface area contributed by atoms with E-state index in [0.717, 1.165) is 0 Å². The van der Waals surface area contributed by atoms with Gasteiger partial charge in [0.2, 0.25) is 12.7 Å². The molecule has 0 radical (unpaired) electrons. The molecule has 120 valence electrons. The first-order valence-corrected chi connectivity index (χ1v) is 7.73. The van der Waals surface area contributed by atoms with E-state index in [-0.39, 0.29) is 18.4 Å². The average molecular weight is 362 g/mol. The number of fused-ring (bicyclic) bond motifs is 1. The van der Waals surface area contributed by atoms with Gasteiger partial charge in [0.15, 0.2) is 17.2 Å². The molecule has 0 aliphatic carbocycles. The van der Waals surface area contributed by atoms with Gasteiger partial charge in [0.05, 0.1) is 5.02 Å². The number of nitrogens with zero attached hydrogens (tertiary/aromatic N) is 1. The quantitative estimate of drug-likeness (QED) is 0.597. The van der Waals surface area contributed by atoms with Gasteiger partial charge in [0.25, 0.3) is 0 Å². The Hall–Kier alpha value is -2.50. The maximum absolute atomic E-state index is 12.1. The van der Waals surface area contributed by atoms with Crippen molar-refractivity contribution in [3.05, 3.63) is 63.3 Å². The van der Waals surface area contributed by atoms with Crippen molar-refractivity contribution in [3.8, 4) is 11.5 Å². The fourth-order valence-electron chi connectivity index (χ4n) is 2.34. The summed E-state index contributed by atoms with van der Waals surface area (Å²) in [7, 11) is 0. The highest BCUT2D eigenvalue weighted by Gasteiger charge is 2.25. The van der Waals surface area contributed by atoms with E-state index in [1.807, 2.05) is 0 Å². The fraction of sp³-hybridized carbons (Fsp3) is 0.0588. The van der Waals surface area contributed by atoms with Crippen molar-refractivity contribution in [3.63, 3.8) is 0 Å². The lowest BCUT2D eigenvalue weighted by Gasteiger charge is -2.01. The third-order valence-corrected chi connectivity index (χ3v) is 4.04. The number of cyclic esters (lactones) is 1. The van der Waals surface area contributed by atoms with E-state index in [1.54, 1.807) is 42.5 Å². The number of hydrogen-bond acceptors (Lipinski definition) is 5. The second-order valence-electron chi connectivity index (χ2n) is 5.07. The standard InChI is InChI=1S/C17H9Cl2NO4/c18-11-3-1-2-9(4-11)16-20-13(17(21)24-16)5-10-6-14-15(7-12(10)19)23-8-22-14/h1-7H,8H2. The van der Waals surface area contributed by atoms with E-state index in [1.165, 1.54) is 0 Å². The summed E-state index contributed by atoms with van der Waals surface area (Å²) in [6.45, 7) is 0.144. The van der Waals surface area contributed by atoms with Crippen LogP contribution in [0, 0.1) is 0 Å². The molecule has 0 spiro atoms. The van der Waals surface area contributed by atoms with Gasteiger partial charge in [-0.15, -0.1) is 0 Å². The molecule has 0 saturated heterocycles. The Bertz CT molecular complexity index is 921. The van der Waals surface area contributed by atoms with Gasteiger partial charge in [-0.05, 0) is 35.9 Å². The molecule has 24 heavy (non-hydrogen) atoms. The Labute approximate surface area is 147 Å². The molecule has 0 fully saturated rings. The van der Waals surface area contributed by atoms with Gasteiger partial charge in [-0.2, -0.15) is 0 Å². The van der Waals surface area contributed by atoms with Crippen LogP contribution in [0.5, 0.6) is 11.5 Å². The van der Waals surface area contributed by atoms with E-state index >= 15 is 0 Å². The number of halogens is 2. The van der Waals surface area contributed by atoms with E-state index < -0.39 is 5.97 Å². The zero-order chi connectivity index (χ0) is 16.7. The molecule has 2 aromatic carbocycles. The third-order valence-electron chi connectivity index (χ3n) is 3.48.